The van der Waals surface area contributed by atoms with Gasteiger partial charge in [0.05, 0.1) is 24.2 Å². The van der Waals surface area contributed by atoms with E-state index in [2.05, 4.69) is 5.32 Å². The monoisotopic (exact) mass is 323 g/mol. The molecule has 1 fully saturated rings. The van der Waals surface area contributed by atoms with Gasteiger partial charge in [0.1, 0.15) is 6.42 Å². The molecule has 1 aromatic rings. The molecule has 1 saturated heterocycles. The Bertz CT molecular complexity index is 703. The summed E-state index contributed by atoms with van der Waals surface area (Å²) in [6, 6.07) is 6.42. The molecule has 0 aliphatic carbocycles. The Morgan fingerprint density at radius 2 is 2.09 bits per heavy atom. The zero-order valence-corrected chi connectivity index (χ0v) is 13.0. The van der Waals surface area contributed by atoms with Gasteiger partial charge in [-0.1, -0.05) is 6.07 Å². The molecule has 1 N–H and O–H groups in total. The van der Waals surface area contributed by atoms with E-state index in [0.29, 0.717) is 37.6 Å². The van der Waals surface area contributed by atoms with Gasteiger partial charge in [-0.05, 0) is 24.6 Å². The van der Waals surface area contributed by atoms with Gasteiger partial charge in [0.25, 0.3) is 0 Å². The summed E-state index contributed by atoms with van der Waals surface area (Å²) in [5.74, 6) is -0.471. The predicted molar refractivity (Wildman–Crippen MR) is 79.6 cm³/mol. The SMILES string of the molecule is Cc1ccc(NC(=O)CC#N)cc1S(=O)(=O)N1CCOCC1. The minimum Gasteiger partial charge on any atom is -0.379 e. The van der Waals surface area contributed by atoms with Gasteiger partial charge in [0.15, 0.2) is 0 Å². The van der Waals surface area contributed by atoms with Gasteiger partial charge in [-0.3, -0.25) is 4.79 Å². The summed E-state index contributed by atoms with van der Waals surface area (Å²) in [6.45, 7) is 3.07. The van der Waals surface area contributed by atoms with Crippen LogP contribution in [0.15, 0.2) is 23.1 Å². The third-order valence-corrected chi connectivity index (χ3v) is 5.34. The van der Waals surface area contributed by atoms with Crippen molar-refractivity contribution >= 4 is 21.6 Å². The van der Waals surface area contributed by atoms with E-state index < -0.39 is 15.9 Å². The maximum Gasteiger partial charge on any atom is 0.243 e. The summed E-state index contributed by atoms with van der Waals surface area (Å²) in [5, 5.41) is 11.0. The molecule has 1 heterocycles. The largest absolute Gasteiger partial charge is 0.379 e. The summed E-state index contributed by atoms with van der Waals surface area (Å²) < 4.78 is 31.9. The second-order valence-electron chi connectivity index (χ2n) is 4.88. The van der Waals surface area contributed by atoms with Crippen LogP contribution >= 0.6 is 0 Å². The second kappa shape index (κ2) is 6.87. The van der Waals surface area contributed by atoms with Crippen molar-refractivity contribution in [3.63, 3.8) is 0 Å². The average molecular weight is 323 g/mol. The molecule has 1 aliphatic heterocycles. The van der Waals surface area contributed by atoms with Gasteiger partial charge in [-0.15, -0.1) is 0 Å². The summed E-state index contributed by atoms with van der Waals surface area (Å²) in [5.41, 5.74) is 0.961. The fourth-order valence-electron chi connectivity index (χ4n) is 2.16. The summed E-state index contributed by atoms with van der Waals surface area (Å²) in [6.07, 6.45) is -0.278. The Labute approximate surface area is 129 Å². The molecule has 22 heavy (non-hydrogen) atoms. The van der Waals surface area contributed by atoms with Gasteiger partial charge in [0, 0.05) is 18.8 Å². The van der Waals surface area contributed by atoms with Crippen molar-refractivity contribution < 1.29 is 17.9 Å². The number of rotatable bonds is 4. The number of amides is 1. The van der Waals surface area contributed by atoms with Crippen LogP contribution in [0.3, 0.4) is 0 Å². The number of carbonyl (C=O) groups is 1. The molecule has 1 amide bonds. The highest BCUT2D eigenvalue weighted by atomic mass is 32.2. The zero-order chi connectivity index (χ0) is 16.2. The van der Waals surface area contributed by atoms with Crippen LogP contribution in [0.4, 0.5) is 5.69 Å². The number of benzene rings is 1. The molecule has 0 aromatic heterocycles. The van der Waals surface area contributed by atoms with E-state index in [1.807, 2.05) is 0 Å². The third-order valence-electron chi connectivity index (χ3n) is 3.30. The summed E-state index contributed by atoms with van der Waals surface area (Å²) in [7, 11) is -3.63. The Balaban J connectivity index is 2.29. The highest BCUT2D eigenvalue weighted by molar-refractivity contribution is 7.89. The van der Waals surface area contributed by atoms with Crippen LogP contribution in [0.5, 0.6) is 0 Å². The number of hydrogen-bond acceptors (Lipinski definition) is 5. The van der Waals surface area contributed by atoms with E-state index in [-0.39, 0.29) is 11.3 Å². The molecule has 118 valence electrons. The third kappa shape index (κ3) is 3.62. The molecule has 8 heteroatoms. The van der Waals surface area contributed by atoms with Gasteiger partial charge < -0.3 is 10.1 Å². The van der Waals surface area contributed by atoms with Crippen LogP contribution in [0.1, 0.15) is 12.0 Å². The number of aryl methyl sites for hydroxylation is 1. The number of hydrogen-bond donors (Lipinski definition) is 1. The van der Waals surface area contributed by atoms with Crippen LogP contribution in [-0.4, -0.2) is 44.9 Å². The Hall–Kier alpha value is -1.95. The minimum atomic E-state index is -3.63. The lowest BCUT2D eigenvalue weighted by Crippen LogP contribution is -2.40. The van der Waals surface area contributed by atoms with Crippen molar-refractivity contribution in [1.29, 1.82) is 5.26 Å². The Kier molecular flexibility index (Phi) is 5.13. The molecule has 0 bridgehead atoms. The van der Waals surface area contributed by atoms with E-state index in [1.54, 1.807) is 25.1 Å². The molecule has 0 saturated carbocycles. The number of carbonyl (C=O) groups excluding carboxylic acids is 1. The van der Waals surface area contributed by atoms with Crippen LogP contribution in [-0.2, 0) is 19.6 Å². The van der Waals surface area contributed by atoms with Crippen LogP contribution in [0.2, 0.25) is 0 Å². The average Bonchev–Trinajstić information content (AvgIpc) is 2.50. The Morgan fingerprint density at radius 1 is 1.41 bits per heavy atom. The number of sulfonamides is 1. The van der Waals surface area contributed by atoms with E-state index in [4.69, 9.17) is 10.00 Å². The molecule has 7 nitrogen and oxygen atoms in total. The first kappa shape index (κ1) is 16.4. The van der Waals surface area contributed by atoms with E-state index in [0.717, 1.165) is 0 Å². The maximum absolute atomic E-state index is 12.7. The lowest BCUT2D eigenvalue weighted by Gasteiger charge is -2.26. The molecular weight excluding hydrogens is 306 g/mol. The number of nitrogens with zero attached hydrogens (tertiary/aromatic N) is 2. The number of nitrogens with one attached hydrogen (secondary N) is 1. The van der Waals surface area contributed by atoms with Crippen LogP contribution in [0, 0.1) is 18.3 Å². The van der Waals surface area contributed by atoms with Crippen molar-refractivity contribution in [1.82, 2.24) is 4.31 Å². The highest BCUT2D eigenvalue weighted by Gasteiger charge is 2.28. The lowest BCUT2D eigenvalue weighted by atomic mass is 10.2. The molecule has 0 atom stereocenters. The topological polar surface area (TPSA) is 99.5 Å². The summed E-state index contributed by atoms with van der Waals surface area (Å²) in [4.78, 5) is 11.6. The van der Waals surface area contributed by atoms with Crippen LogP contribution < -0.4 is 5.32 Å². The van der Waals surface area contributed by atoms with Crippen molar-refractivity contribution in [2.75, 3.05) is 31.6 Å². The van der Waals surface area contributed by atoms with Gasteiger partial charge in [-0.2, -0.15) is 9.57 Å². The van der Waals surface area contributed by atoms with E-state index in [1.165, 1.54) is 10.4 Å². The van der Waals surface area contributed by atoms with E-state index >= 15 is 0 Å². The fourth-order valence-corrected chi connectivity index (χ4v) is 3.82. The quantitative estimate of drug-likeness (QED) is 0.886. The number of nitriles is 1. The first-order valence-electron chi connectivity index (χ1n) is 6.80. The summed E-state index contributed by atoms with van der Waals surface area (Å²) >= 11 is 0. The van der Waals surface area contributed by atoms with Crippen molar-refractivity contribution in [2.45, 2.75) is 18.2 Å². The van der Waals surface area contributed by atoms with Gasteiger partial charge in [-0.25, -0.2) is 8.42 Å². The van der Waals surface area contributed by atoms with Crippen molar-refractivity contribution in [3.05, 3.63) is 23.8 Å². The number of ether oxygens (including phenoxy) is 1. The van der Waals surface area contributed by atoms with Crippen molar-refractivity contribution in [2.24, 2.45) is 0 Å². The Morgan fingerprint density at radius 3 is 2.73 bits per heavy atom. The fraction of sp³-hybridized carbons (Fsp3) is 0.429. The van der Waals surface area contributed by atoms with Gasteiger partial charge in [0.2, 0.25) is 15.9 Å². The number of anilines is 1. The molecule has 0 radical (unpaired) electrons. The highest BCUT2D eigenvalue weighted by Crippen LogP contribution is 2.24. The molecule has 2 rings (SSSR count). The number of morpholine rings is 1. The van der Waals surface area contributed by atoms with Gasteiger partial charge >= 0.3 is 0 Å². The zero-order valence-electron chi connectivity index (χ0n) is 12.2. The molecule has 0 spiro atoms. The molecular formula is C14H17N3O4S. The predicted octanol–water partition coefficient (Wildman–Crippen LogP) is 0.868. The molecule has 1 aromatic carbocycles. The minimum absolute atomic E-state index is 0.157. The molecule has 0 unspecified atom stereocenters. The second-order valence-corrected chi connectivity index (χ2v) is 6.79. The van der Waals surface area contributed by atoms with Crippen LogP contribution in [0.25, 0.3) is 0 Å². The maximum atomic E-state index is 12.7. The smallest absolute Gasteiger partial charge is 0.243 e. The standard InChI is InChI=1S/C14H17N3O4S/c1-11-2-3-12(16-14(18)4-5-15)10-13(11)22(19,20)17-6-8-21-9-7-17/h2-3,10H,4,6-9H2,1H3,(H,16,18). The van der Waals surface area contributed by atoms with E-state index in [9.17, 15) is 13.2 Å². The first-order valence-corrected chi connectivity index (χ1v) is 8.24. The first-order chi connectivity index (χ1) is 10.4. The van der Waals surface area contributed by atoms with Crippen molar-refractivity contribution in [3.8, 4) is 6.07 Å². The lowest BCUT2D eigenvalue weighted by molar-refractivity contribution is -0.115. The normalized spacial score (nSPS) is 16.0. The molecule has 1 aliphatic rings.